The molecule has 1 aliphatic rings. The summed E-state index contributed by atoms with van der Waals surface area (Å²) in [5.74, 6) is 0.862. The average molecular weight is 359 g/mol. The van der Waals surface area contributed by atoms with Gasteiger partial charge in [-0.2, -0.15) is 0 Å². The highest BCUT2D eigenvalue weighted by atomic mass is 16.5. The van der Waals surface area contributed by atoms with Crippen LogP contribution in [0.1, 0.15) is 22.5 Å². The average Bonchev–Trinajstić information content (AvgIpc) is 2.62. The van der Waals surface area contributed by atoms with Gasteiger partial charge in [-0.15, -0.1) is 0 Å². The van der Waals surface area contributed by atoms with E-state index in [1.807, 2.05) is 12.1 Å². The molecule has 0 atom stereocenters. The minimum Gasteiger partial charge on any atom is -0.493 e. The Hall–Kier alpha value is -3.03. The van der Waals surface area contributed by atoms with Gasteiger partial charge in [0.25, 0.3) is 11.5 Å². The summed E-state index contributed by atoms with van der Waals surface area (Å²) in [4.78, 5) is 38.7. The molecule has 0 fully saturated rings. The molecule has 1 aliphatic heterocycles. The Bertz CT molecular complexity index is 960. The van der Waals surface area contributed by atoms with E-state index in [-0.39, 0.29) is 11.6 Å². The van der Waals surface area contributed by atoms with E-state index in [0.717, 1.165) is 10.1 Å². The molecule has 1 amide bonds. The first-order valence-corrected chi connectivity index (χ1v) is 8.29. The number of carbonyl (C=O) groups excluding carboxylic acids is 1. The quantitative estimate of drug-likeness (QED) is 0.781. The van der Waals surface area contributed by atoms with Crippen LogP contribution in [-0.2, 0) is 20.6 Å². The van der Waals surface area contributed by atoms with E-state index in [1.54, 1.807) is 18.1 Å². The predicted molar refractivity (Wildman–Crippen MR) is 94.8 cm³/mol. The number of hydrogen-bond acceptors (Lipinski definition) is 5. The number of rotatable bonds is 2. The van der Waals surface area contributed by atoms with Crippen molar-refractivity contribution < 1.29 is 14.3 Å². The lowest BCUT2D eigenvalue weighted by Crippen LogP contribution is -2.42. The lowest BCUT2D eigenvalue weighted by Gasteiger charge is -2.27. The van der Waals surface area contributed by atoms with Crippen molar-refractivity contribution in [1.29, 1.82) is 0 Å². The number of amides is 1. The van der Waals surface area contributed by atoms with Crippen LogP contribution < -0.4 is 20.7 Å². The molecule has 2 aromatic rings. The maximum absolute atomic E-state index is 13.0. The van der Waals surface area contributed by atoms with Crippen molar-refractivity contribution in [3.8, 4) is 11.5 Å². The van der Waals surface area contributed by atoms with E-state index in [0.29, 0.717) is 37.6 Å². The molecule has 26 heavy (non-hydrogen) atoms. The maximum atomic E-state index is 13.0. The third kappa shape index (κ3) is 3.10. The first-order valence-electron chi connectivity index (χ1n) is 8.29. The zero-order valence-electron chi connectivity index (χ0n) is 15.0. The minimum absolute atomic E-state index is 0.0732. The summed E-state index contributed by atoms with van der Waals surface area (Å²) in [6, 6.07) is 6.70. The third-order valence-corrected chi connectivity index (χ3v) is 4.49. The number of carbonyl (C=O) groups is 1. The molecule has 8 nitrogen and oxygen atoms in total. The Morgan fingerprint density at radius 1 is 1.19 bits per heavy atom. The van der Waals surface area contributed by atoms with Crippen LogP contribution in [0.25, 0.3) is 0 Å². The summed E-state index contributed by atoms with van der Waals surface area (Å²) in [7, 11) is 4.43. The molecule has 2 heterocycles. The number of methoxy groups -OCH3 is 1. The summed E-state index contributed by atoms with van der Waals surface area (Å²) >= 11 is 0. The van der Waals surface area contributed by atoms with E-state index < -0.39 is 11.2 Å². The first-order chi connectivity index (χ1) is 12.4. The van der Waals surface area contributed by atoms with E-state index >= 15 is 0 Å². The number of benzene rings is 1. The van der Waals surface area contributed by atoms with Crippen LogP contribution in [0.2, 0.25) is 0 Å². The first kappa shape index (κ1) is 17.8. The highest BCUT2D eigenvalue weighted by Gasteiger charge is 2.24. The maximum Gasteiger partial charge on any atom is 0.331 e. The molecule has 0 saturated carbocycles. The molecule has 0 aliphatic carbocycles. The monoisotopic (exact) mass is 359 g/mol. The zero-order valence-corrected chi connectivity index (χ0v) is 15.0. The van der Waals surface area contributed by atoms with Gasteiger partial charge in [-0.3, -0.25) is 18.7 Å². The highest BCUT2D eigenvalue weighted by molar-refractivity contribution is 5.92. The van der Waals surface area contributed by atoms with Crippen LogP contribution >= 0.6 is 0 Å². The molecule has 3 rings (SSSR count). The van der Waals surface area contributed by atoms with Gasteiger partial charge in [0.15, 0.2) is 11.5 Å². The van der Waals surface area contributed by atoms with Crippen LogP contribution in [-0.4, -0.2) is 40.2 Å². The van der Waals surface area contributed by atoms with Gasteiger partial charge in [0.05, 0.1) is 13.7 Å². The smallest absolute Gasteiger partial charge is 0.331 e. The molecule has 138 valence electrons. The van der Waals surface area contributed by atoms with Crippen LogP contribution in [0.3, 0.4) is 0 Å². The van der Waals surface area contributed by atoms with Gasteiger partial charge in [-0.25, -0.2) is 4.79 Å². The van der Waals surface area contributed by atoms with Crippen molar-refractivity contribution in [2.45, 2.75) is 13.0 Å². The number of para-hydroxylation sites is 1. The summed E-state index contributed by atoms with van der Waals surface area (Å²) in [6.45, 7) is 1.19. The SMILES string of the molecule is COc1cccc2c1OCCCN(C(=O)c1cc(=O)n(C)c(=O)n1C)C2. The number of ether oxygens (including phenoxy) is 2. The second-order valence-corrected chi connectivity index (χ2v) is 6.15. The van der Waals surface area contributed by atoms with Gasteiger partial charge < -0.3 is 14.4 Å². The number of nitrogens with zero attached hydrogens (tertiary/aromatic N) is 3. The van der Waals surface area contributed by atoms with Gasteiger partial charge in [0.1, 0.15) is 5.69 Å². The summed E-state index contributed by atoms with van der Waals surface area (Å²) < 4.78 is 13.3. The van der Waals surface area contributed by atoms with E-state index in [9.17, 15) is 14.4 Å². The molecule has 1 aromatic heterocycles. The number of fused-ring (bicyclic) bond motifs is 1. The van der Waals surface area contributed by atoms with Crippen molar-refractivity contribution in [3.63, 3.8) is 0 Å². The van der Waals surface area contributed by atoms with Gasteiger partial charge in [-0.1, -0.05) is 12.1 Å². The number of hydrogen-bond donors (Lipinski definition) is 0. The van der Waals surface area contributed by atoms with Crippen molar-refractivity contribution in [1.82, 2.24) is 14.0 Å². The van der Waals surface area contributed by atoms with Crippen LogP contribution in [0.15, 0.2) is 33.9 Å². The van der Waals surface area contributed by atoms with E-state index in [4.69, 9.17) is 9.47 Å². The molecule has 0 N–H and O–H groups in total. The Morgan fingerprint density at radius 3 is 2.69 bits per heavy atom. The van der Waals surface area contributed by atoms with Crippen molar-refractivity contribution >= 4 is 5.91 Å². The van der Waals surface area contributed by atoms with Crippen LogP contribution in [0.4, 0.5) is 0 Å². The fourth-order valence-corrected chi connectivity index (χ4v) is 3.00. The minimum atomic E-state index is -0.529. The molecule has 8 heteroatoms. The molecular formula is C18H21N3O5. The molecule has 0 radical (unpaired) electrons. The van der Waals surface area contributed by atoms with Crippen LogP contribution in [0, 0.1) is 0 Å². The Kier molecular flexibility index (Phi) is 4.83. The fraction of sp³-hybridized carbons (Fsp3) is 0.389. The van der Waals surface area contributed by atoms with Gasteiger partial charge >= 0.3 is 5.69 Å². The molecule has 0 saturated heterocycles. The highest BCUT2D eigenvalue weighted by Crippen LogP contribution is 2.33. The largest absolute Gasteiger partial charge is 0.493 e. The molecule has 1 aromatic carbocycles. The molecular weight excluding hydrogens is 338 g/mol. The third-order valence-electron chi connectivity index (χ3n) is 4.49. The lowest BCUT2D eigenvalue weighted by molar-refractivity contribution is 0.0709. The Morgan fingerprint density at radius 2 is 1.96 bits per heavy atom. The second kappa shape index (κ2) is 7.07. The summed E-state index contributed by atoms with van der Waals surface area (Å²) in [6.07, 6.45) is 0.627. The summed E-state index contributed by atoms with van der Waals surface area (Å²) in [5, 5.41) is 0. The van der Waals surface area contributed by atoms with Crippen molar-refractivity contribution in [3.05, 3.63) is 56.4 Å². The summed E-state index contributed by atoms with van der Waals surface area (Å²) in [5.41, 5.74) is -0.150. The molecule has 0 spiro atoms. The lowest BCUT2D eigenvalue weighted by atomic mass is 10.1. The normalized spacial score (nSPS) is 14.0. The van der Waals surface area contributed by atoms with Crippen molar-refractivity contribution in [2.75, 3.05) is 20.3 Å². The molecule has 0 unspecified atom stereocenters. The van der Waals surface area contributed by atoms with E-state index in [1.165, 1.54) is 24.7 Å². The van der Waals surface area contributed by atoms with Crippen LogP contribution in [0.5, 0.6) is 11.5 Å². The number of aromatic nitrogens is 2. The van der Waals surface area contributed by atoms with Gasteiger partial charge in [-0.05, 0) is 12.5 Å². The van der Waals surface area contributed by atoms with Crippen molar-refractivity contribution in [2.24, 2.45) is 14.1 Å². The fourth-order valence-electron chi connectivity index (χ4n) is 3.00. The zero-order chi connectivity index (χ0) is 18.8. The Labute approximate surface area is 150 Å². The van der Waals surface area contributed by atoms with E-state index in [2.05, 4.69) is 0 Å². The topological polar surface area (TPSA) is 82.8 Å². The standard InChI is InChI=1S/C18H21N3O5/c1-19-13(10-15(22)20(2)18(19)24)17(23)21-8-5-9-26-16-12(11-21)6-4-7-14(16)25-3/h4,6-7,10H,5,8-9,11H2,1-3H3. The van der Waals surface area contributed by atoms with Gasteiger partial charge in [0.2, 0.25) is 0 Å². The predicted octanol–water partition coefficient (Wildman–Crippen LogP) is 0.517. The second-order valence-electron chi connectivity index (χ2n) is 6.15. The molecule has 0 bridgehead atoms. The Balaban J connectivity index is 2.00. The van der Waals surface area contributed by atoms with Gasteiger partial charge in [0, 0.05) is 38.8 Å².